The van der Waals surface area contributed by atoms with Crippen molar-refractivity contribution in [1.29, 1.82) is 0 Å². The van der Waals surface area contributed by atoms with Crippen LogP contribution in [0.3, 0.4) is 0 Å². The van der Waals surface area contributed by atoms with Crippen molar-refractivity contribution in [2.75, 3.05) is 19.7 Å². The van der Waals surface area contributed by atoms with Crippen molar-refractivity contribution in [1.82, 2.24) is 20.3 Å². The lowest BCUT2D eigenvalue weighted by atomic mass is 10.1. The second-order valence-corrected chi connectivity index (χ2v) is 5.20. The van der Waals surface area contributed by atoms with Crippen LogP contribution in [-0.4, -0.2) is 34.6 Å². The predicted octanol–water partition coefficient (Wildman–Crippen LogP) is 2.14. The van der Waals surface area contributed by atoms with E-state index in [-0.39, 0.29) is 12.5 Å². The van der Waals surface area contributed by atoms with Gasteiger partial charge in [-0.05, 0) is 17.7 Å². The molecule has 0 saturated carbocycles. The molecule has 122 valence electrons. The SMILES string of the molecule is FC(F)(F)c1nccc(Cc2ccc(C3CNCCO3)nc2)n1. The first-order chi connectivity index (χ1) is 11.0. The van der Waals surface area contributed by atoms with E-state index in [2.05, 4.69) is 20.3 Å². The van der Waals surface area contributed by atoms with E-state index < -0.39 is 12.0 Å². The molecule has 1 fully saturated rings. The minimum atomic E-state index is -4.54. The zero-order chi connectivity index (χ0) is 16.3. The van der Waals surface area contributed by atoms with Gasteiger partial charge < -0.3 is 10.1 Å². The van der Waals surface area contributed by atoms with Crippen LogP contribution in [0.15, 0.2) is 30.6 Å². The van der Waals surface area contributed by atoms with Gasteiger partial charge in [-0.1, -0.05) is 6.07 Å². The number of alkyl halides is 3. The Labute approximate surface area is 130 Å². The predicted molar refractivity (Wildman–Crippen MR) is 75.6 cm³/mol. The number of ether oxygens (including phenoxy) is 1. The minimum absolute atomic E-state index is 0.0892. The monoisotopic (exact) mass is 324 g/mol. The van der Waals surface area contributed by atoms with E-state index in [0.29, 0.717) is 18.8 Å². The van der Waals surface area contributed by atoms with E-state index in [9.17, 15) is 13.2 Å². The van der Waals surface area contributed by atoms with E-state index in [1.165, 1.54) is 6.07 Å². The molecule has 23 heavy (non-hydrogen) atoms. The van der Waals surface area contributed by atoms with Gasteiger partial charge in [0.2, 0.25) is 5.82 Å². The summed E-state index contributed by atoms with van der Waals surface area (Å²) in [6.45, 7) is 2.16. The van der Waals surface area contributed by atoms with Crippen LogP contribution in [0.5, 0.6) is 0 Å². The lowest BCUT2D eigenvalue weighted by molar-refractivity contribution is -0.145. The molecular weight excluding hydrogens is 309 g/mol. The second kappa shape index (κ2) is 6.59. The Morgan fingerprint density at radius 3 is 2.74 bits per heavy atom. The van der Waals surface area contributed by atoms with Gasteiger partial charge in [-0.25, -0.2) is 9.97 Å². The summed E-state index contributed by atoms with van der Waals surface area (Å²) in [4.78, 5) is 11.1. The number of pyridine rings is 1. The molecule has 5 nitrogen and oxygen atoms in total. The Hall–Kier alpha value is -2.06. The molecule has 0 bridgehead atoms. The zero-order valence-corrected chi connectivity index (χ0v) is 12.2. The fourth-order valence-electron chi connectivity index (χ4n) is 2.33. The molecule has 0 radical (unpaired) electrons. The highest BCUT2D eigenvalue weighted by Gasteiger charge is 2.34. The van der Waals surface area contributed by atoms with Gasteiger partial charge in [0.25, 0.3) is 0 Å². The van der Waals surface area contributed by atoms with Crippen LogP contribution in [0.1, 0.15) is 28.9 Å². The number of halogens is 3. The van der Waals surface area contributed by atoms with Gasteiger partial charge in [0.15, 0.2) is 0 Å². The van der Waals surface area contributed by atoms with Crippen molar-refractivity contribution in [2.24, 2.45) is 0 Å². The Bertz CT molecular complexity index is 655. The number of rotatable bonds is 3. The maximum Gasteiger partial charge on any atom is 0.451 e. The van der Waals surface area contributed by atoms with Crippen LogP contribution in [-0.2, 0) is 17.3 Å². The summed E-state index contributed by atoms with van der Waals surface area (Å²) in [6, 6.07) is 5.13. The van der Waals surface area contributed by atoms with Gasteiger partial charge in [-0.2, -0.15) is 13.2 Å². The van der Waals surface area contributed by atoms with Crippen LogP contribution in [0, 0.1) is 0 Å². The molecule has 2 aromatic rings. The molecule has 2 aromatic heterocycles. The molecule has 8 heteroatoms. The van der Waals surface area contributed by atoms with Crippen molar-refractivity contribution >= 4 is 0 Å². The number of morpholine rings is 1. The molecule has 1 N–H and O–H groups in total. The van der Waals surface area contributed by atoms with Crippen LogP contribution in [0.25, 0.3) is 0 Å². The number of nitrogens with zero attached hydrogens (tertiary/aromatic N) is 3. The average molecular weight is 324 g/mol. The molecular formula is C15H15F3N4O. The molecule has 0 amide bonds. The van der Waals surface area contributed by atoms with Crippen LogP contribution in [0.2, 0.25) is 0 Å². The summed E-state index contributed by atoms with van der Waals surface area (Å²) in [5, 5.41) is 3.22. The van der Waals surface area contributed by atoms with Gasteiger partial charge in [0, 0.05) is 37.6 Å². The molecule has 1 unspecified atom stereocenters. The summed E-state index contributed by atoms with van der Waals surface area (Å²) in [5.41, 5.74) is 1.89. The largest absolute Gasteiger partial charge is 0.451 e. The van der Waals surface area contributed by atoms with Crippen molar-refractivity contribution in [3.8, 4) is 0 Å². The third kappa shape index (κ3) is 4.02. The summed E-state index contributed by atoms with van der Waals surface area (Å²) < 4.78 is 43.4. The minimum Gasteiger partial charge on any atom is -0.369 e. The van der Waals surface area contributed by atoms with Crippen LogP contribution in [0.4, 0.5) is 13.2 Å². The van der Waals surface area contributed by atoms with Crippen LogP contribution >= 0.6 is 0 Å². The van der Waals surface area contributed by atoms with Gasteiger partial charge in [0.1, 0.15) is 6.10 Å². The summed E-state index contributed by atoms with van der Waals surface area (Å²) in [7, 11) is 0. The lowest BCUT2D eigenvalue weighted by Crippen LogP contribution is -2.33. The maximum atomic E-state index is 12.6. The maximum absolute atomic E-state index is 12.6. The first-order valence-electron chi connectivity index (χ1n) is 7.18. The highest BCUT2D eigenvalue weighted by Crippen LogP contribution is 2.26. The van der Waals surface area contributed by atoms with E-state index in [1.54, 1.807) is 6.20 Å². The van der Waals surface area contributed by atoms with Crippen molar-refractivity contribution in [2.45, 2.75) is 18.7 Å². The number of hydrogen-bond donors (Lipinski definition) is 1. The van der Waals surface area contributed by atoms with Crippen LogP contribution < -0.4 is 5.32 Å². The Morgan fingerprint density at radius 2 is 2.09 bits per heavy atom. The first kappa shape index (κ1) is 15.8. The molecule has 0 spiro atoms. The lowest BCUT2D eigenvalue weighted by Gasteiger charge is -2.23. The fraction of sp³-hybridized carbons (Fsp3) is 0.400. The normalized spacial score (nSPS) is 18.8. The highest BCUT2D eigenvalue weighted by molar-refractivity contribution is 5.21. The molecule has 0 aliphatic carbocycles. The molecule has 3 rings (SSSR count). The third-order valence-electron chi connectivity index (χ3n) is 3.46. The quantitative estimate of drug-likeness (QED) is 0.937. The van der Waals surface area contributed by atoms with Gasteiger partial charge >= 0.3 is 6.18 Å². The molecule has 1 atom stereocenters. The van der Waals surface area contributed by atoms with Crippen molar-refractivity contribution in [3.05, 3.63) is 53.4 Å². The Morgan fingerprint density at radius 1 is 1.22 bits per heavy atom. The Kier molecular flexibility index (Phi) is 4.53. The standard InChI is InChI=1S/C15H15F3N4O/c16-15(17,18)14-20-4-3-11(22-14)7-10-1-2-12(21-8-10)13-9-19-5-6-23-13/h1-4,8,13,19H,5-7,9H2. The molecule has 1 saturated heterocycles. The van der Waals surface area contributed by atoms with E-state index in [1.807, 2.05) is 12.1 Å². The van der Waals surface area contributed by atoms with Crippen molar-refractivity contribution in [3.63, 3.8) is 0 Å². The Balaban J connectivity index is 1.71. The van der Waals surface area contributed by atoms with Gasteiger partial charge in [-0.15, -0.1) is 0 Å². The second-order valence-electron chi connectivity index (χ2n) is 5.20. The first-order valence-corrected chi connectivity index (χ1v) is 7.18. The molecule has 0 aromatic carbocycles. The number of hydrogen-bond acceptors (Lipinski definition) is 5. The van der Waals surface area contributed by atoms with Crippen molar-refractivity contribution < 1.29 is 17.9 Å². The van der Waals surface area contributed by atoms with E-state index >= 15 is 0 Å². The average Bonchev–Trinajstić information content (AvgIpc) is 2.56. The molecule has 1 aliphatic heterocycles. The summed E-state index contributed by atoms with van der Waals surface area (Å²) in [6.07, 6.45) is -1.60. The van der Waals surface area contributed by atoms with E-state index in [4.69, 9.17) is 4.74 Å². The third-order valence-corrected chi connectivity index (χ3v) is 3.46. The molecule has 1 aliphatic rings. The highest BCUT2D eigenvalue weighted by atomic mass is 19.4. The van der Waals surface area contributed by atoms with E-state index in [0.717, 1.165) is 24.0 Å². The van der Waals surface area contributed by atoms with Gasteiger partial charge in [0.05, 0.1) is 12.3 Å². The summed E-state index contributed by atoms with van der Waals surface area (Å²) >= 11 is 0. The number of aromatic nitrogens is 3. The zero-order valence-electron chi connectivity index (χ0n) is 12.2. The smallest absolute Gasteiger partial charge is 0.369 e. The number of nitrogens with one attached hydrogen (secondary N) is 1. The topological polar surface area (TPSA) is 59.9 Å². The summed E-state index contributed by atoms with van der Waals surface area (Å²) in [5.74, 6) is -1.12. The molecule has 3 heterocycles. The fourth-order valence-corrected chi connectivity index (χ4v) is 2.33. The van der Waals surface area contributed by atoms with Gasteiger partial charge in [-0.3, -0.25) is 4.98 Å².